The molecular weight excluding hydrogens is 402 g/mol. The van der Waals surface area contributed by atoms with E-state index in [1.165, 1.54) is 5.01 Å². The van der Waals surface area contributed by atoms with Gasteiger partial charge in [-0.2, -0.15) is 5.10 Å². The molecule has 2 amide bonds. The van der Waals surface area contributed by atoms with Crippen molar-refractivity contribution in [3.8, 4) is 11.5 Å². The van der Waals surface area contributed by atoms with E-state index >= 15 is 0 Å². The summed E-state index contributed by atoms with van der Waals surface area (Å²) in [6.45, 7) is 6.08. The standard InChI is InChI=1S/C22H25N3O4S/c1-22(2,3)11-20(26)23-12-21(27)25-16(10-15(24-25)19-5-4-8-30-19)14-6-7-17-18(9-14)29-13-28-17/h4-9,16H,10-13H2,1-3H3,(H,23,26). The van der Waals surface area contributed by atoms with Crippen LogP contribution in [0.3, 0.4) is 0 Å². The van der Waals surface area contributed by atoms with E-state index < -0.39 is 0 Å². The van der Waals surface area contributed by atoms with Crippen LogP contribution in [-0.2, 0) is 9.59 Å². The van der Waals surface area contributed by atoms with Crippen molar-refractivity contribution in [3.05, 3.63) is 46.2 Å². The summed E-state index contributed by atoms with van der Waals surface area (Å²) in [5, 5.41) is 10.8. The Morgan fingerprint density at radius 3 is 2.77 bits per heavy atom. The summed E-state index contributed by atoms with van der Waals surface area (Å²) in [5.74, 6) is 0.982. The van der Waals surface area contributed by atoms with E-state index in [0.717, 1.165) is 16.2 Å². The summed E-state index contributed by atoms with van der Waals surface area (Å²) < 4.78 is 10.9. The van der Waals surface area contributed by atoms with Crippen molar-refractivity contribution < 1.29 is 19.1 Å². The van der Waals surface area contributed by atoms with Gasteiger partial charge in [0.1, 0.15) is 0 Å². The highest BCUT2D eigenvalue weighted by Gasteiger charge is 2.34. The quantitative estimate of drug-likeness (QED) is 0.789. The Kier molecular flexibility index (Phi) is 5.51. The van der Waals surface area contributed by atoms with E-state index in [0.29, 0.717) is 24.3 Å². The van der Waals surface area contributed by atoms with Crippen LogP contribution in [0.5, 0.6) is 11.5 Å². The predicted octanol–water partition coefficient (Wildman–Crippen LogP) is 3.71. The first-order chi connectivity index (χ1) is 14.3. The van der Waals surface area contributed by atoms with Gasteiger partial charge in [0.15, 0.2) is 11.5 Å². The number of ether oxygens (including phenoxy) is 2. The van der Waals surface area contributed by atoms with E-state index in [1.807, 2.05) is 56.5 Å². The van der Waals surface area contributed by atoms with E-state index in [-0.39, 0.29) is 36.6 Å². The third-order valence-corrected chi connectivity index (χ3v) is 5.80. The third kappa shape index (κ3) is 4.48. The second-order valence-electron chi connectivity index (χ2n) is 8.61. The van der Waals surface area contributed by atoms with Crippen molar-refractivity contribution in [1.29, 1.82) is 0 Å². The molecule has 0 bridgehead atoms. The van der Waals surface area contributed by atoms with Gasteiger partial charge in [-0.3, -0.25) is 9.59 Å². The minimum Gasteiger partial charge on any atom is -0.454 e. The molecule has 0 saturated carbocycles. The van der Waals surface area contributed by atoms with Crippen LogP contribution in [-0.4, -0.2) is 35.9 Å². The van der Waals surface area contributed by atoms with Crippen LogP contribution in [0.1, 0.15) is 50.1 Å². The molecule has 1 unspecified atom stereocenters. The summed E-state index contributed by atoms with van der Waals surface area (Å²) in [5.41, 5.74) is 1.64. The molecule has 2 aromatic rings. The first-order valence-electron chi connectivity index (χ1n) is 9.90. The molecule has 7 nitrogen and oxygen atoms in total. The highest BCUT2D eigenvalue weighted by molar-refractivity contribution is 7.12. The number of nitrogens with zero attached hydrogens (tertiary/aromatic N) is 2. The Balaban J connectivity index is 1.53. The first kappa shape index (κ1) is 20.4. The average molecular weight is 428 g/mol. The lowest BCUT2D eigenvalue weighted by atomic mass is 9.92. The molecule has 0 saturated heterocycles. The van der Waals surface area contributed by atoms with Gasteiger partial charge < -0.3 is 14.8 Å². The van der Waals surface area contributed by atoms with Crippen molar-refractivity contribution in [2.75, 3.05) is 13.3 Å². The molecule has 0 spiro atoms. The Bertz CT molecular complexity index is 979. The van der Waals surface area contributed by atoms with Crippen LogP contribution in [0, 0.1) is 5.41 Å². The molecule has 0 radical (unpaired) electrons. The van der Waals surface area contributed by atoms with Crippen LogP contribution < -0.4 is 14.8 Å². The van der Waals surface area contributed by atoms with Crippen LogP contribution in [0.25, 0.3) is 0 Å². The number of fused-ring (bicyclic) bond motifs is 1. The van der Waals surface area contributed by atoms with Gasteiger partial charge in [-0.15, -0.1) is 11.3 Å². The largest absolute Gasteiger partial charge is 0.454 e. The maximum absolute atomic E-state index is 13.0. The van der Waals surface area contributed by atoms with E-state index in [1.54, 1.807) is 11.3 Å². The summed E-state index contributed by atoms with van der Waals surface area (Å²) >= 11 is 1.59. The lowest BCUT2D eigenvalue weighted by Crippen LogP contribution is -2.38. The zero-order chi connectivity index (χ0) is 21.3. The molecule has 2 aliphatic rings. The van der Waals surface area contributed by atoms with Crippen LogP contribution in [0.2, 0.25) is 0 Å². The van der Waals surface area contributed by atoms with Crippen molar-refractivity contribution >= 4 is 28.9 Å². The number of rotatable bonds is 5. The van der Waals surface area contributed by atoms with Crippen LogP contribution >= 0.6 is 11.3 Å². The maximum Gasteiger partial charge on any atom is 0.262 e. The highest BCUT2D eigenvalue weighted by Crippen LogP contribution is 2.39. The van der Waals surface area contributed by atoms with E-state index in [2.05, 4.69) is 10.4 Å². The lowest BCUT2D eigenvalue weighted by Gasteiger charge is -2.23. The van der Waals surface area contributed by atoms with Crippen molar-refractivity contribution in [2.45, 2.75) is 39.7 Å². The van der Waals surface area contributed by atoms with Gasteiger partial charge in [0.2, 0.25) is 12.7 Å². The van der Waals surface area contributed by atoms with E-state index in [4.69, 9.17) is 9.47 Å². The second kappa shape index (κ2) is 8.10. The summed E-state index contributed by atoms with van der Waals surface area (Å²) in [7, 11) is 0. The van der Waals surface area contributed by atoms with Gasteiger partial charge in [0, 0.05) is 12.8 Å². The van der Waals surface area contributed by atoms with Gasteiger partial charge >= 0.3 is 0 Å². The molecule has 3 heterocycles. The van der Waals surface area contributed by atoms with Crippen LogP contribution in [0.15, 0.2) is 40.8 Å². The third-order valence-electron chi connectivity index (χ3n) is 4.88. The molecular formula is C22H25N3O4S. The zero-order valence-electron chi connectivity index (χ0n) is 17.3. The van der Waals surface area contributed by atoms with Gasteiger partial charge in [-0.25, -0.2) is 5.01 Å². The summed E-state index contributed by atoms with van der Waals surface area (Å²) in [4.78, 5) is 26.2. The molecule has 8 heteroatoms. The number of amides is 2. The highest BCUT2D eigenvalue weighted by atomic mass is 32.1. The fourth-order valence-corrected chi connectivity index (χ4v) is 4.23. The Morgan fingerprint density at radius 1 is 1.23 bits per heavy atom. The molecule has 1 aromatic carbocycles. The molecule has 30 heavy (non-hydrogen) atoms. The topological polar surface area (TPSA) is 80.2 Å². The minimum absolute atomic E-state index is 0.0861. The summed E-state index contributed by atoms with van der Waals surface area (Å²) in [6, 6.07) is 9.40. The van der Waals surface area contributed by atoms with Gasteiger partial charge in [0.05, 0.1) is 23.2 Å². The molecule has 0 fully saturated rings. The van der Waals surface area contributed by atoms with Gasteiger partial charge in [0.25, 0.3) is 5.91 Å². The number of hydrogen-bond donors (Lipinski definition) is 1. The number of hydrazone groups is 1. The Hall–Kier alpha value is -2.87. The van der Waals surface area contributed by atoms with Crippen molar-refractivity contribution in [3.63, 3.8) is 0 Å². The number of carbonyl (C=O) groups is 2. The SMILES string of the molecule is CC(C)(C)CC(=O)NCC(=O)N1N=C(c2cccs2)CC1c1ccc2c(c1)OCO2. The Morgan fingerprint density at radius 2 is 2.03 bits per heavy atom. The number of benzene rings is 1. The zero-order valence-corrected chi connectivity index (χ0v) is 18.1. The fourth-order valence-electron chi connectivity index (χ4n) is 3.51. The van der Waals surface area contributed by atoms with Crippen LogP contribution in [0.4, 0.5) is 0 Å². The molecule has 1 atom stereocenters. The number of nitrogens with one attached hydrogen (secondary N) is 1. The number of carbonyl (C=O) groups excluding carboxylic acids is 2. The Labute approximate surface area is 179 Å². The van der Waals surface area contributed by atoms with Crippen molar-refractivity contribution in [1.82, 2.24) is 10.3 Å². The predicted molar refractivity (Wildman–Crippen MR) is 115 cm³/mol. The number of thiophene rings is 1. The smallest absolute Gasteiger partial charge is 0.262 e. The second-order valence-corrected chi connectivity index (χ2v) is 9.56. The molecule has 1 N–H and O–H groups in total. The number of hydrogen-bond acceptors (Lipinski definition) is 6. The minimum atomic E-state index is -0.261. The molecule has 4 rings (SSSR count). The maximum atomic E-state index is 13.0. The fraction of sp³-hybridized carbons (Fsp3) is 0.409. The molecule has 2 aliphatic heterocycles. The van der Waals surface area contributed by atoms with E-state index in [9.17, 15) is 9.59 Å². The lowest BCUT2D eigenvalue weighted by molar-refractivity contribution is -0.134. The van der Waals surface area contributed by atoms with Gasteiger partial charge in [-0.1, -0.05) is 32.9 Å². The first-order valence-corrected chi connectivity index (χ1v) is 10.8. The molecule has 158 valence electrons. The van der Waals surface area contributed by atoms with Crippen molar-refractivity contribution in [2.24, 2.45) is 10.5 Å². The summed E-state index contributed by atoms with van der Waals surface area (Å²) in [6.07, 6.45) is 0.956. The molecule has 0 aliphatic carbocycles. The monoisotopic (exact) mass is 427 g/mol. The van der Waals surface area contributed by atoms with Gasteiger partial charge in [-0.05, 0) is 34.6 Å². The average Bonchev–Trinajstić information content (AvgIpc) is 3.43. The molecule has 1 aromatic heterocycles. The normalized spacial score (nSPS) is 17.8.